The van der Waals surface area contributed by atoms with Crippen molar-refractivity contribution in [3.63, 3.8) is 0 Å². The van der Waals surface area contributed by atoms with E-state index < -0.39 is 0 Å². The lowest BCUT2D eigenvalue weighted by Gasteiger charge is -2.37. The molecule has 3 aliphatic rings. The molecule has 3 saturated heterocycles. The van der Waals surface area contributed by atoms with Crippen LogP contribution in [0.5, 0.6) is 0 Å². The fourth-order valence-electron chi connectivity index (χ4n) is 2.51. The van der Waals surface area contributed by atoms with Crippen LogP contribution >= 0.6 is 0 Å². The molecule has 3 atom stereocenters. The molecule has 2 bridgehead atoms. The normalized spacial score (nSPS) is 40.9. The van der Waals surface area contributed by atoms with Gasteiger partial charge in [0.15, 0.2) is 0 Å². The maximum absolute atomic E-state index is 11.9. The lowest BCUT2D eigenvalue weighted by molar-refractivity contribution is -0.143. The Labute approximate surface area is 83.6 Å². The summed E-state index contributed by atoms with van der Waals surface area (Å²) in [6.07, 6.45) is 3.90. The van der Waals surface area contributed by atoms with Crippen molar-refractivity contribution in [3.05, 3.63) is 0 Å². The number of fused-ring (bicyclic) bond motifs is 2. The highest BCUT2D eigenvalue weighted by Crippen LogP contribution is 2.27. The van der Waals surface area contributed by atoms with Gasteiger partial charge in [0.25, 0.3) is 0 Å². The summed E-state index contributed by atoms with van der Waals surface area (Å²) >= 11 is 0. The second-order valence-electron chi connectivity index (χ2n) is 4.50. The molecule has 78 valence electrons. The van der Waals surface area contributed by atoms with E-state index in [0.717, 1.165) is 38.9 Å². The topological polar surface area (TPSA) is 41.6 Å². The van der Waals surface area contributed by atoms with Gasteiger partial charge in [-0.1, -0.05) is 0 Å². The summed E-state index contributed by atoms with van der Waals surface area (Å²) in [7, 11) is 0. The molecule has 3 fully saturated rings. The van der Waals surface area contributed by atoms with E-state index in [1.165, 1.54) is 0 Å². The number of carbonyl (C=O) groups excluding carboxylic acids is 1. The molecular formula is C10H16N2O2. The van der Waals surface area contributed by atoms with Crippen LogP contribution in [0.25, 0.3) is 0 Å². The number of amides is 1. The largest absolute Gasteiger partial charge is 0.371 e. The molecule has 0 aliphatic carbocycles. The van der Waals surface area contributed by atoms with Crippen LogP contribution in [0.3, 0.4) is 0 Å². The zero-order valence-electron chi connectivity index (χ0n) is 8.24. The Hall–Kier alpha value is -0.610. The van der Waals surface area contributed by atoms with E-state index in [9.17, 15) is 4.79 Å². The second kappa shape index (κ2) is 3.21. The number of ether oxygens (including phenoxy) is 1. The van der Waals surface area contributed by atoms with Gasteiger partial charge in [-0.25, -0.2) is 0 Å². The highest BCUT2D eigenvalue weighted by Gasteiger charge is 2.38. The molecule has 0 aromatic rings. The maximum Gasteiger partial charge on any atom is 0.239 e. The maximum atomic E-state index is 11.9. The molecule has 14 heavy (non-hydrogen) atoms. The van der Waals surface area contributed by atoms with Gasteiger partial charge in [-0.15, -0.1) is 0 Å². The monoisotopic (exact) mass is 196 g/mol. The van der Waals surface area contributed by atoms with Crippen molar-refractivity contribution in [2.45, 2.75) is 37.5 Å². The molecular weight excluding hydrogens is 180 g/mol. The number of nitrogens with one attached hydrogen (secondary N) is 1. The smallest absolute Gasteiger partial charge is 0.239 e. The van der Waals surface area contributed by atoms with E-state index in [4.69, 9.17) is 4.74 Å². The number of rotatable bonds is 1. The summed E-state index contributed by atoms with van der Waals surface area (Å²) in [4.78, 5) is 13.9. The van der Waals surface area contributed by atoms with Crippen LogP contribution in [0.15, 0.2) is 0 Å². The van der Waals surface area contributed by atoms with E-state index in [1.54, 1.807) is 0 Å². The van der Waals surface area contributed by atoms with Gasteiger partial charge in [0.1, 0.15) is 0 Å². The molecule has 3 rings (SSSR count). The average Bonchev–Trinajstić information content (AvgIpc) is 2.42. The quantitative estimate of drug-likeness (QED) is 0.628. The summed E-state index contributed by atoms with van der Waals surface area (Å²) in [5.74, 6) is 0.288. The van der Waals surface area contributed by atoms with Crippen molar-refractivity contribution < 1.29 is 9.53 Å². The Balaban J connectivity index is 1.64. The van der Waals surface area contributed by atoms with Gasteiger partial charge in [-0.3, -0.25) is 4.79 Å². The van der Waals surface area contributed by atoms with Crippen LogP contribution in [0.4, 0.5) is 0 Å². The third kappa shape index (κ3) is 1.33. The van der Waals surface area contributed by atoms with Crippen LogP contribution in [-0.4, -0.2) is 48.7 Å². The first kappa shape index (κ1) is 8.68. The predicted molar refractivity (Wildman–Crippen MR) is 50.9 cm³/mol. The minimum absolute atomic E-state index is 0.104. The standard InChI is InChI=1S/C10H16N2O2/c13-10(9-3-4-11-9)12-5-7-1-2-8(6-12)14-7/h7-9,11H,1-6H2/t7?,8?,9-/m1/s1. The second-order valence-corrected chi connectivity index (χ2v) is 4.50. The van der Waals surface area contributed by atoms with Gasteiger partial charge in [0, 0.05) is 13.1 Å². The summed E-state index contributed by atoms with van der Waals surface area (Å²) < 4.78 is 5.69. The molecule has 0 radical (unpaired) electrons. The molecule has 0 aromatic heterocycles. The van der Waals surface area contributed by atoms with Crippen molar-refractivity contribution in [1.82, 2.24) is 10.2 Å². The lowest BCUT2D eigenvalue weighted by Crippen LogP contribution is -2.57. The number of nitrogens with zero attached hydrogens (tertiary/aromatic N) is 1. The van der Waals surface area contributed by atoms with Crippen LogP contribution < -0.4 is 5.32 Å². The molecule has 2 unspecified atom stereocenters. The molecule has 0 spiro atoms. The van der Waals surface area contributed by atoms with Crippen LogP contribution in [0.1, 0.15) is 19.3 Å². The summed E-state index contributed by atoms with van der Waals surface area (Å²) in [6.45, 7) is 2.62. The summed E-state index contributed by atoms with van der Waals surface area (Å²) in [6, 6.07) is 0.104. The molecule has 4 nitrogen and oxygen atoms in total. The van der Waals surface area contributed by atoms with Crippen molar-refractivity contribution in [3.8, 4) is 0 Å². The highest BCUT2D eigenvalue weighted by atomic mass is 16.5. The average molecular weight is 196 g/mol. The molecule has 0 saturated carbocycles. The molecule has 3 aliphatic heterocycles. The molecule has 1 amide bonds. The van der Waals surface area contributed by atoms with E-state index in [0.29, 0.717) is 12.2 Å². The Bertz CT molecular complexity index is 241. The van der Waals surface area contributed by atoms with Crippen molar-refractivity contribution in [2.24, 2.45) is 0 Å². The van der Waals surface area contributed by atoms with Gasteiger partial charge in [-0.2, -0.15) is 0 Å². The number of hydrogen-bond acceptors (Lipinski definition) is 3. The molecule has 0 aromatic carbocycles. The Kier molecular flexibility index (Phi) is 1.99. The molecule has 4 heteroatoms. The Morgan fingerprint density at radius 3 is 2.36 bits per heavy atom. The number of hydrogen-bond donors (Lipinski definition) is 1. The Morgan fingerprint density at radius 2 is 1.86 bits per heavy atom. The van der Waals surface area contributed by atoms with Crippen LogP contribution in [0, 0.1) is 0 Å². The van der Waals surface area contributed by atoms with Crippen molar-refractivity contribution >= 4 is 5.91 Å². The van der Waals surface area contributed by atoms with Crippen molar-refractivity contribution in [1.29, 1.82) is 0 Å². The zero-order chi connectivity index (χ0) is 9.54. The lowest BCUT2D eigenvalue weighted by atomic mass is 10.1. The van der Waals surface area contributed by atoms with E-state index >= 15 is 0 Å². The van der Waals surface area contributed by atoms with Gasteiger partial charge < -0.3 is 15.0 Å². The number of carbonyl (C=O) groups is 1. The Morgan fingerprint density at radius 1 is 1.21 bits per heavy atom. The van der Waals surface area contributed by atoms with Gasteiger partial charge >= 0.3 is 0 Å². The number of morpholine rings is 1. The van der Waals surface area contributed by atoms with Crippen LogP contribution in [0.2, 0.25) is 0 Å². The fraction of sp³-hybridized carbons (Fsp3) is 0.900. The highest BCUT2D eigenvalue weighted by molar-refractivity contribution is 5.83. The minimum atomic E-state index is 0.104. The van der Waals surface area contributed by atoms with E-state index in [2.05, 4.69) is 5.32 Å². The minimum Gasteiger partial charge on any atom is -0.371 e. The zero-order valence-corrected chi connectivity index (χ0v) is 8.24. The summed E-state index contributed by atoms with van der Waals surface area (Å²) in [5.41, 5.74) is 0. The van der Waals surface area contributed by atoms with Gasteiger partial charge in [0.2, 0.25) is 5.91 Å². The predicted octanol–water partition coefficient (Wildman–Crippen LogP) is -0.262. The summed E-state index contributed by atoms with van der Waals surface area (Å²) in [5, 5.41) is 3.16. The molecule has 3 heterocycles. The van der Waals surface area contributed by atoms with Crippen LogP contribution in [-0.2, 0) is 9.53 Å². The third-order valence-corrected chi connectivity index (χ3v) is 3.48. The number of likely N-dealkylation sites (tertiary alicyclic amines) is 1. The first-order chi connectivity index (χ1) is 6.83. The van der Waals surface area contributed by atoms with Gasteiger partial charge in [-0.05, 0) is 25.8 Å². The SMILES string of the molecule is O=C([C@H]1CCN1)N1CC2CCC(C1)O2. The first-order valence-electron chi connectivity index (χ1n) is 5.50. The third-order valence-electron chi connectivity index (χ3n) is 3.48. The van der Waals surface area contributed by atoms with Crippen molar-refractivity contribution in [2.75, 3.05) is 19.6 Å². The van der Waals surface area contributed by atoms with Gasteiger partial charge in [0.05, 0.1) is 18.2 Å². The fourth-order valence-corrected chi connectivity index (χ4v) is 2.51. The molecule has 1 N–H and O–H groups in total. The first-order valence-corrected chi connectivity index (χ1v) is 5.50. The van der Waals surface area contributed by atoms with E-state index in [-0.39, 0.29) is 11.9 Å². The van der Waals surface area contributed by atoms with E-state index in [1.807, 2.05) is 4.90 Å².